The van der Waals surface area contributed by atoms with E-state index in [9.17, 15) is 0 Å². The van der Waals surface area contributed by atoms with Gasteiger partial charge in [-0.1, -0.05) is 0 Å². The minimum atomic E-state index is -2.17. The molecule has 0 nitrogen and oxygen atoms in total. The van der Waals surface area contributed by atoms with E-state index in [2.05, 4.69) is 76.2 Å². The van der Waals surface area contributed by atoms with Gasteiger partial charge in [0.15, 0.2) is 0 Å². The Bertz CT molecular complexity index is 1070. The van der Waals surface area contributed by atoms with E-state index >= 15 is 0 Å². The van der Waals surface area contributed by atoms with Gasteiger partial charge >= 0.3 is 211 Å². The normalized spacial score (nSPS) is 20.0. The monoisotopic (exact) mass is 690 g/mol. The van der Waals surface area contributed by atoms with Gasteiger partial charge in [0.25, 0.3) is 0 Å². The first-order valence-corrected chi connectivity index (χ1v) is 25.0. The smallest absolute Gasteiger partial charge is 1.00 e. The van der Waals surface area contributed by atoms with Crippen molar-refractivity contribution in [1.82, 2.24) is 0 Å². The molecule has 1 fully saturated rings. The van der Waals surface area contributed by atoms with Gasteiger partial charge in [-0.25, -0.2) is 0 Å². The number of allylic oxidation sites excluding steroid dienone is 2. The van der Waals surface area contributed by atoms with Crippen LogP contribution in [0.5, 0.6) is 0 Å². The third-order valence-electron chi connectivity index (χ3n) is 8.55. The molecule has 1 saturated heterocycles. The fourth-order valence-electron chi connectivity index (χ4n) is 6.86. The van der Waals surface area contributed by atoms with Gasteiger partial charge in [0.1, 0.15) is 0 Å². The van der Waals surface area contributed by atoms with Crippen molar-refractivity contribution in [2.24, 2.45) is 0 Å². The maximum atomic E-state index is 2.67. The molecule has 4 heteroatoms. The van der Waals surface area contributed by atoms with Crippen LogP contribution in [0.25, 0.3) is 12.2 Å². The Morgan fingerprint density at radius 3 is 1.51 bits per heavy atom. The van der Waals surface area contributed by atoms with Gasteiger partial charge in [-0.15, -0.1) is 0 Å². The Morgan fingerprint density at radius 1 is 0.657 bits per heavy atom. The Kier molecular flexibility index (Phi) is 10.7. The largest absolute Gasteiger partial charge is 1.00 e. The molecule has 3 aliphatic rings. The molecule has 0 bridgehead atoms. The minimum absolute atomic E-state index is 0. The molecule has 2 aromatic rings. The molecule has 0 amide bonds. The number of benzene rings is 2. The van der Waals surface area contributed by atoms with Crippen molar-refractivity contribution in [3.05, 3.63) is 80.9 Å². The van der Waals surface area contributed by atoms with Gasteiger partial charge < -0.3 is 24.8 Å². The summed E-state index contributed by atoms with van der Waals surface area (Å²) in [6.45, 7) is 9.56. The zero-order chi connectivity index (χ0) is 22.9. The van der Waals surface area contributed by atoms with Gasteiger partial charge in [-0.3, -0.25) is 0 Å². The van der Waals surface area contributed by atoms with E-state index in [1.807, 2.05) is 11.1 Å². The van der Waals surface area contributed by atoms with Crippen molar-refractivity contribution in [2.45, 2.75) is 92.1 Å². The maximum Gasteiger partial charge on any atom is -1.00 e. The Balaban J connectivity index is 0.00000171. The molecule has 2 atom stereocenters. The van der Waals surface area contributed by atoms with E-state index in [1.54, 1.807) is 45.5 Å². The summed E-state index contributed by atoms with van der Waals surface area (Å²) in [5.41, 5.74) is 13.3. The van der Waals surface area contributed by atoms with E-state index in [0.29, 0.717) is 0 Å². The van der Waals surface area contributed by atoms with E-state index in [-0.39, 0.29) is 30.3 Å². The van der Waals surface area contributed by atoms with Crippen LogP contribution in [0.4, 0.5) is 0 Å². The fourth-order valence-corrected chi connectivity index (χ4v) is 44.6. The molecule has 1 aliphatic heterocycles. The number of aryl methyl sites for hydroxylation is 2. The molecular weight excluding hydrogens is 650 g/mol. The zero-order valence-electron chi connectivity index (χ0n) is 21.9. The maximum absolute atomic E-state index is 2.67. The van der Waals surface area contributed by atoms with Crippen molar-refractivity contribution in [3.63, 3.8) is 0 Å². The molecule has 2 aliphatic carbocycles. The molecule has 0 saturated carbocycles. The molecule has 5 rings (SSSR count). The average molecular weight is 690 g/mol. The molecule has 0 spiro atoms. The Hall–Kier alpha value is -0.413. The minimum Gasteiger partial charge on any atom is -1.00 e. The number of hydrogen-bond acceptors (Lipinski definition) is 0. The van der Waals surface area contributed by atoms with Gasteiger partial charge in [0.05, 0.1) is 0 Å². The first-order valence-electron chi connectivity index (χ1n) is 13.6. The SMILES string of the molecule is CCC1=Cc2c(CC)cccc2[CH]1[Hf+2]([CH]1C(CC)=Cc2c(CC)cccc21)=[Si]1CCCCC1.[Cl-].[Cl-]. The summed E-state index contributed by atoms with van der Waals surface area (Å²) in [5.74, 6) is 0. The van der Waals surface area contributed by atoms with Crippen molar-refractivity contribution < 1.29 is 44.9 Å². The third kappa shape index (κ3) is 5.29. The van der Waals surface area contributed by atoms with Crippen LogP contribution in [0.15, 0.2) is 47.5 Å². The summed E-state index contributed by atoms with van der Waals surface area (Å²) in [6, 6.07) is 17.9. The quantitative estimate of drug-likeness (QED) is 0.410. The number of fused-ring (bicyclic) bond motifs is 2. The second-order valence-corrected chi connectivity index (χ2v) is 32.2. The van der Waals surface area contributed by atoms with Crippen LogP contribution in [0, 0.1) is 0 Å². The van der Waals surface area contributed by atoms with Gasteiger partial charge in [0.2, 0.25) is 0 Å². The van der Waals surface area contributed by atoms with Crippen LogP contribution in [0.2, 0.25) is 12.1 Å². The summed E-state index contributed by atoms with van der Waals surface area (Å²) in [6.07, 6.45) is 14.7. The van der Waals surface area contributed by atoms with Crippen LogP contribution in [0.1, 0.15) is 101 Å². The van der Waals surface area contributed by atoms with E-state index < -0.39 is 20.1 Å². The zero-order valence-corrected chi connectivity index (χ0v) is 28.0. The second-order valence-electron chi connectivity index (χ2n) is 10.2. The van der Waals surface area contributed by atoms with Crippen LogP contribution in [-0.2, 0) is 32.9 Å². The third-order valence-corrected chi connectivity index (χ3v) is 39.6. The topological polar surface area (TPSA) is 0 Å². The standard InChI is InChI=1S/2C13H15.C5H10Si.2ClH.Hf/c2*1-3-10-8-12-7-5-6-11(4-2)13(12)9-10;1-2-4-6-5-3-1;;;/h2*5-9H,3-4H2,1-2H3;1-5H2;2*1H;/q;;;;;+2/p-2. The summed E-state index contributed by atoms with van der Waals surface area (Å²) in [7, 11) is 0. The predicted octanol–water partition coefficient (Wildman–Crippen LogP) is 3.01. The molecule has 35 heavy (non-hydrogen) atoms. The summed E-state index contributed by atoms with van der Waals surface area (Å²) in [5, 5.41) is 0. The van der Waals surface area contributed by atoms with Crippen molar-refractivity contribution in [1.29, 1.82) is 0 Å². The van der Waals surface area contributed by atoms with Crippen molar-refractivity contribution >= 4 is 17.6 Å². The second kappa shape index (κ2) is 12.9. The first kappa shape index (κ1) is 29.1. The van der Waals surface area contributed by atoms with E-state index in [1.165, 1.54) is 32.1 Å². The molecular formula is C31H40Cl2HfSi. The van der Waals surface area contributed by atoms with Crippen LogP contribution < -0.4 is 24.8 Å². The first-order chi connectivity index (χ1) is 16.2. The number of hydrogen-bond donors (Lipinski definition) is 0. The fraction of sp³-hybridized carbons (Fsp3) is 0.484. The summed E-state index contributed by atoms with van der Waals surface area (Å²) < 4.78 is 1.68. The molecule has 0 aromatic heterocycles. The van der Waals surface area contributed by atoms with Gasteiger partial charge in [-0.05, 0) is 0 Å². The van der Waals surface area contributed by atoms with Crippen LogP contribution in [0.3, 0.4) is 0 Å². The summed E-state index contributed by atoms with van der Waals surface area (Å²) >= 11 is -2.17. The average Bonchev–Trinajstić information content (AvgIpc) is 3.43. The number of rotatable bonds is 6. The number of halogens is 2. The van der Waals surface area contributed by atoms with Gasteiger partial charge in [-0.2, -0.15) is 0 Å². The molecule has 0 N–H and O–H groups in total. The summed E-state index contributed by atoms with van der Waals surface area (Å²) in [4.78, 5) is 0. The van der Waals surface area contributed by atoms with E-state index in [4.69, 9.17) is 0 Å². The Morgan fingerprint density at radius 2 is 1.11 bits per heavy atom. The van der Waals surface area contributed by atoms with Crippen molar-refractivity contribution in [2.75, 3.05) is 0 Å². The molecule has 0 radical (unpaired) electrons. The molecule has 186 valence electrons. The van der Waals surface area contributed by atoms with E-state index in [0.717, 1.165) is 20.2 Å². The Labute approximate surface area is 234 Å². The molecule has 2 aromatic carbocycles. The molecule has 1 heterocycles. The predicted molar refractivity (Wildman–Crippen MR) is 143 cm³/mol. The van der Waals surface area contributed by atoms with Crippen LogP contribution >= 0.6 is 0 Å². The molecule has 2 unspecified atom stereocenters. The van der Waals surface area contributed by atoms with Gasteiger partial charge in [0, 0.05) is 0 Å². The van der Waals surface area contributed by atoms with Crippen LogP contribution in [-0.4, -0.2) is 5.49 Å². The van der Waals surface area contributed by atoms with Crippen molar-refractivity contribution in [3.8, 4) is 0 Å².